The Morgan fingerprint density at radius 1 is 1.06 bits per heavy atom. The zero-order chi connectivity index (χ0) is 23.1. The highest BCUT2D eigenvalue weighted by molar-refractivity contribution is 6.08. The third kappa shape index (κ3) is 3.92. The maximum absolute atomic E-state index is 13.0. The Morgan fingerprint density at radius 3 is 2.45 bits per heavy atom. The van der Waals surface area contributed by atoms with Crippen molar-refractivity contribution < 1.29 is 4.79 Å². The van der Waals surface area contributed by atoms with Gasteiger partial charge in [-0.25, -0.2) is 4.98 Å². The lowest BCUT2D eigenvalue weighted by Gasteiger charge is -2.26. The summed E-state index contributed by atoms with van der Waals surface area (Å²) in [7, 11) is 3.75. The number of fused-ring (bicyclic) bond motifs is 3. The molecule has 1 fully saturated rings. The fraction of sp³-hybridized carbons (Fsp3) is 0.379. The molecule has 33 heavy (non-hydrogen) atoms. The van der Waals surface area contributed by atoms with Crippen molar-refractivity contribution >= 4 is 27.8 Å². The standard InChI is InChI=1S/C29H33N3O/c1-19-17-20(2)30-28-26(19)24-11-7-8-12-25(24)32(28)18-21-13-15-23(16-14-21)27(29(33)31(3)4)22-9-5-6-10-22/h7-8,11-17,22,27H,5-6,9-10,18H2,1-4H3. The monoisotopic (exact) mass is 439 g/mol. The number of nitrogens with zero attached hydrogens (tertiary/aromatic N) is 3. The van der Waals surface area contributed by atoms with Gasteiger partial charge >= 0.3 is 0 Å². The molecular weight excluding hydrogens is 406 g/mol. The van der Waals surface area contributed by atoms with Crippen molar-refractivity contribution in [3.63, 3.8) is 0 Å². The SMILES string of the molecule is Cc1cc(C)c2c3ccccc3n(Cc3ccc(C(C(=O)N(C)C)C4CCCC4)cc3)c2n1. The molecule has 4 nitrogen and oxygen atoms in total. The summed E-state index contributed by atoms with van der Waals surface area (Å²) in [6, 6.07) is 19.5. The van der Waals surface area contributed by atoms with Gasteiger partial charge in [0.15, 0.2) is 0 Å². The Bertz CT molecular complexity index is 1310. The lowest BCUT2D eigenvalue weighted by Crippen LogP contribution is -2.32. The first-order valence-corrected chi connectivity index (χ1v) is 12.1. The second kappa shape index (κ2) is 8.66. The maximum atomic E-state index is 13.0. The summed E-state index contributed by atoms with van der Waals surface area (Å²) in [5, 5.41) is 2.50. The number of rotatable bonds is 5. The predicted octanol–water partition coefficient (Wildman–Crippen LogP) is 6.22. The van der Waals surface area contributed by atoms with E-state index in [-0.39, 0.29) is 11.8 Å². The minimum atomic E-state index is -0.0308. The van der Waals surface area contributed by atoms with E-state index in [1.54, 1.807) is 4.90 Å². The van der Waals surface area contributed by atoms with Crippen LogP contribution in [-0.2, 0) is 11.3 Å². The number of carbonyl (C=O) groups is 1. The smallest absolute Gasteiger partial charge is 0.229 e. The zero-order valence-electron chi connectivity index (χ0n) is 20.1. The number of hydrogen-bond donors (Lipinski definition) is 0. The molecule has 0 N–H and O–H groups in total. The number of pyridine rings is 1. The first-order chi connectivity index (χ1) is 15.9. The molecule has 1 unspecified atom stereocenters. The highest BCUT2D eigenvalue weighted by Crippen LogP contribution is 2.38. The molecule has 2 heterocycles. The van der Waals surface area contributed by atoms with Crippen LogP contribution in [0.1, 0.15) is 54.0 Å². The third-order valence-electron chi connectivity index (χ3n) is 7.30. The topological polar surface area (TPSA) is 38.1 Å². The molecule has 0 aliphatic heterocycles. The Balaban J connectivity index is 1.52. The van der Waals surface area contributed by atoms with Crippen molar-refractivity contribution in [1.29, 1.82) is 0 Å². The minimum Gasteiger partial charge on any atom is -0.348 e. The number of carbonyl (C=O) groups excluding carboxylic acids is 1. The average Bonchev–Trinajstić information content (AvgIpc) is 3.42. The van der Waals surface area contributed by atoms with Gasteiger partial charge in [0, 0.05) is 37.1 Å². The van der Waals surface area contributed by atoms with Crippen molar-refractivity contribution in [2.24, 2.45) is 5.92 Å². The Labute approximate surface area is 196 Å². The third-order valence-corrected chi connectivity index (χ3v) is 7.30. The van der Waals surface area contributed by atoms with Crippen LogP contribution in [0.4, 0.5) is 0 Å². The fourth-order valence-electron chi connectivity index (χ4n) is 5.74. The summed E-state index contributed by atoms with van der Waals surface area (Å²) in [6.45, 7) is 5.00. The van der Waals surface area contributed by atoms with Crippen LogP contribution in [0.25, 0.3) is 21.9 Å². The molecule has 2 aromatic carbocycles. The van der Waals surface area contributed by atoms with Crippen LogP contribution in [0.3, 0.4) is 0 Å². The zero-order valence-corrected chi connectivity index (χ0v) is 20.1. The van der Waals surface area contributed by atoms with Gasteiger partial charge in [-0.2, -0.15) is 0 Å². The molecule has 1 saturated carbocycles. The number of hydrogen-bond acceptors (Lipinski definition) is 2. The van der Waals surface area contributed by atoms with Gasteiger partial charge in [-0.3, -0.25) is 4.79 Å². The second-order valence-corrected chi connectivity index (χ2v) is 9.88. The van der Waals surface area contributed by atoms with Crippen molar-refractivity contribution in [2.75, 3.05) is 14.1 Å². The molecule has 0 radical (unpaired) electrons. The van der Waals surface area contributed by atoms with E-state index in [9.17, 15) is 4.79 Å². The van der Waals surface area contributed by atoms with E-state index in [1.165, 1.54) is 40.3 Å². The van der Waals surface area contributed by atoms with Crippen LogP contribution < -0.4 is 0 Å². The number of aryl methyl sites for hydroxylation is 2. The van der Waals surface area contributed by atoms with Gasteiger partial charge in [-0.15, -0.1) is 0 Å². The highest BCUT2D eigenvalue weighted by atomic mass is 16.2. The molecule has 2 aromatic heterocycles. The summed E-state index contributed by atoms with van der Waals surface area (Å²) in [5.74, 6) is 0.655. The number of aromatic nitrogens is 2. The van der Waals surface area contributed by atoms with Crippen LogP contribution in [0.5, 0.6) is 0 Å². The molecule has 0 spiro atoms. The highest BCUT2D eigenvalue weighted by Gasteiger charge is 2.32. The van der Waals surface area contributed by atoms with E-state index in [0.29, 0.717) is 5.92 Å². The molecule has 1 atom stereocenters. The van der Waals surface area contributed by atoms with Crippen LogP contribution in [0.2, 0.25) is 0 Å². The van der Waals surface area contributed by atoms with Gasteiger partial charge in [-0.1, -0.05) is 55.3 Å². The van der Waals surface area contributed by atoms with E-state index < -0.39 is 0 Å². The van der Waals surface area contributed by atoms with Crippen LogP contribution in [-0.4, -0.2) is 34.5 Å². The summed E-state index contributed by atoms with van der Waals surface area (Å²) in [5.41, 5.74) is 6.94. The number of likely N-dealkylation sites (N-methyl/N-ethyl adjacent to an activating group) is 1. The summed E-state index contributed by atoms with van der Waals surface area (Å²) < 4.78 is 2.33. The van der Waals surface area contributed by atoms with Gasteiger partial charge < -0.3 is 9.47 Å². The molecule has 4 heteroatoms. The molecular formula is C29H33N3O. The van der Waals surface area contributed by atoms with Gasteiger partial charge in [0.05, 0.1) is 11.4 Å². The largest absolute Gasteiger partial charge is 0.348 e. The molecule has 0 bridgehead atoms. The second-order valence-electron chi connectivity index (χ2n) is 9.88. The first kappa shape index (κ1) is 21.7. The van der Waals surface area contributed by atoms with E-state index in [1.807, 2.05) is 14.1 Å². The van der Waals surface area contributed by atoms with Crippen molar-refractivity contribution in [3.8, 4) is 0 Å². The van der Waals surface area contributed by atoms with Crippen LogP contribution >= 0.6 is 0 Å². The van der Waals surface area contributed by atoms with Gasteiger partial charge in [0.2, 0.25) is 5.91 Å². The minimum absolute atomic E-state index is 0.0308. The van der Waals surface area contributed by atoms with Gasteiger partial charge in [-0.05, 0) is 61.4 Å². The molecule has 0 saturated heterocycles. The molecule has 4 aromatic rings. The van der Waals surface area contributed by atoms with E-state index in [4.69, 9.17) is 4.98 Å². The maximum Gasteiger partial charge on any atom is 0.229 e. The van der Waals surface area contributed by atoms with Crippen LogP contribution in [0.15, 0.2) is 54.6 Å². The Morgan fingerprint density at radius 2 is 1.76 bits per heavy atom. The van der Waals surface area contributed by atoms with Gasteiger partial charge in [0.1, 0.15) is 5.65 Å². The number of amides is 1. The van der Waals surface area contributed by atoms with Crippen LogP contribution in [0, 0.1) is 19.8 Å². The molecule has 5 rings (SSSR count). The molecule has 1 amide bonds. The molecule has 1 aliphatic carbocycles. The summed E-state index contributed by atoms with van der Waals surface area (Å²) in [6.07, 6.45) is 4.77. The van der Waals surface area contributed by atoms with E-state index >= 15 is 0 Å². The van der Waals surface area contributed by atoms with Crippen molar-refractivity contribution in [3.05, 3.63) is 77.0 Å². The van der Waals surface area contributed by atoms with Gasteiger partial charge in [0.25, 0.3) is 0 Å². The number of para-hydroxylation sites is 1. The lowest BCUT2D eigenvalue weighted by atomic mass is 9.83. The predicted molar refractivity (Wildman–Crippen MR) is 136 cm³/mol. The lowest BCUT2D eigenvalue weighted by molar-refractivity contribution is -0.131. The average molecular weight is 440 g/mol. The van der Waals surface area contributed by atoms with E-state index in [2.05, 4.69) is 73.0 Å². The number of benzene rings is 2. The molecule has 170 valence electrons. The summed E-state index contributed by atoms with van der Waals surface area (Å²) >= 11 is 0. The quantitative estimate of drug-likeness (QED) is 0.370. The Hall–Kier alpha value is -3.14. The fourth-order valence-corrected chi connectivity index (χ4v) is 5.74. The van der Waals surface area contributed by atoms with E-state index in [0.717, 1.165) is 36.3 Å². The first-order valence-electron chi connectivity index (χ1n) is 12.1. The van der Waals surface area contributed by atoms with Crippen molar-refractivity contribution in [2.45, 2.75) is 52.0 Å². The Kier molecular flexibility index (Phi) is 5.69. The normalized spacial score (nSPS) is 15.4. The summed E-state index contributed by atoms with van der Waals surface area (Å²) in [4.78, 5) is 19.7. The molecule has 1 aliphatic rings. The van der Waals surface area contributed by atoms with Crippen molar-refractivity contribution in [1.82, 2.24) is 14.5 Å².